The summed E-state index contributed by atoms with van der Waals surface area (Å²) in [4.78, 5) is 8.46. The molecule has 1 aliphatic rings. The van der Waals surface area contributed by atoms with Gasteiger partial charge in [0.05, 0.1) is 5.01 Å². The van der Waals surface area contributed by atoms with Crippen molar-refractivity contribution in [3.8, 4) is 0 Å². The third-order valence-electron chi connectivity index (χ3n) is 3.47. The zero-order chi connectivity index (χ0) is 12.1. The van der Waals surface area contributed by atoms with Gasteiger partial charge in [-0.2, -0.15) is 0 Å². The molecule has 1 unspecified atom stereocenters. The Hall–Kier alpha value is -0.450. The smallest absolute Gasteiger partial charge is 0.0931 e. The van der Waals surface area contributed by atoms with Crippen LogP contribution in [0.3, 0.4) is 0 Å². The van der Waals surface area contributed by atoms with Crippen LogP contribution >= 0.6 is 11.3 Å². The van der Waals surface area contributed by atoms with Gasteiger partial charge in [-0.15, -0.1) is 11.3 Å². The molecular weight excluding hydrogens is 230 g/mol. The highest BCUT2D eigenvalue weighted by atomic mass is 32.1. The van der Waals surface area contributed by atoms with Gasteiger partial charge in [-0.3, -0.25) is 0 Å². The maximum atomic E-state index is 4.54. The van der Waals surface area contributed by atoms with E-state index in [4.69, 9.17) is 0 Å². The molecule has 1 N–H and O–H groups in total. The van der Waals surface area contributed by atoms with Crippen LogP contribution in [0.2, 0.25) is 0 Å². The molecule has 0 aromatic carbocycles. The van der Waals surface area contributed by atoms with Crippen molar-refractivity contribution >= 4 is 11.3 Å². The van der Waals surface area contributed by atoms with Crippen LogP contribution in [0.15, 0.2) is 6.20 Å². The summed E-state index contributed by atoms with van der Waals surface area (Å²) in [5.41, 5.74) is 0. The normalized spacial score (nSPS) is 21.9. The molecule has 1 atom stereocenters. The topological polar surface area (TPSA) is 28.2 Å². The summed E-state index contributed by atoms with van der Waals surface area (Å²) in [7, 11) is 1.99. The van der Waals surface area contributed by atoms with Crippen LogP contribution in [0.4, 0.5) is 0 Å². The van der Waals surface area contributed by atoms with Crippen molar-refractivity contribution in [1.29, 1.82) is 0 Å². The minimum atomic E-state index is 0.817. The van der Waals surface area contributed by atoms with E-state index >= 15 is 0 Å². The molecule has 0 amide bonds. The first-order chi connectivity index (χ1) is 8.31. The van der Waals surface area contributed by atoms with Gasteiger partial charge in [-0.1, -0.05) is 6.92 Å². The third-order valence-corrected chi connectivity index (χ3v) is 4.49. The van der Waals surface area contributed by atoms with Crippen LogP contribution in [0, 0.1) is 5.92 Å². The molecule has 96 valence electrons. The zero-order valence-corrected chi connectivity index (χ0v) is 11.7. The van der Waals surface area contributed by atoms with E-state index in [2.05, 4.69) is 22.1 Å². The Balaban J connectivity index is 1.86. The maximum absolute atomic E-state index is 4.54. The van der Waals surface area contributed by atoms with Crippen molar-refractivity contribution in [1.82, 2.24) is 15.2 Å². The summed E-state index contributed by atoms with van der Waals surface area (Å²) in [6.45, 7) is 6.95. The number of rotatable bonds is 5. The Kier molecular flexibility index (Phi) is 4.95. The van der Waals surface area contributed by atoms with Crippen LogP contribution in [-0.2, 0) is 13.0 Å². The monoisotopic (exact) mass is 253 g/mol. The lowest BCUT2D eigenvalue weighted by Gasteiger charge is -2.31. The average molecular weight is 253 g/mol. The number of aromatic nitrogens is 1. The van der Waals surface area contributed by atoms with E-state index in [1.165, 1.54) is 48.8 Å². The van der Waals surface area contributed by atoms with E-state index in [0.717, 1.165) is 12.5 Å². The molecule has 1 aromatic heterocycles. The number of hydrogen-bond acceptors (Lipinski definition) is 4. The first-order valence-corrected chi connectivity index (χ1v) is 7.44. The fraction of sp³-hybridized carbons (Fsp3) is 0.769. The van der Waals surface area contributed by atoms with Gasteiger partial charge >= 0.3 is 0 Å². The van der Waals surface area contributed by atoms with Crippen molar-refractivity contribution in [2.45, 2.75) is 32.7 Å². The predicted molar refractivity (Wildman–Crippen MR) is 73.4 cm³/mol. The van der Waals surface area contributed by atoms with E-state index < -0.39 is 0 Å². The number of thiazole rings is 1. The van der Waals surface area contributed by atoms with Gasteiger partial charge in [0.2, 0.25) is 0 Å². The van der Waals surface area contributed by atoms with Crippen molar-refractivity contribution in [3.63, 3.8) is 0 Å². The molecule has 17 heavy (non-hydrogen) atoms. The van der Waals surface area contributed by atoms with Gasteiger partial charge in [0.25, 0.3) is 0 Å². The van der Waals surface area contributed by atoms with Gasteiger partial charge in [-0.05, 0) is 38.9 Å². The highest BCUT2D eigenvalue weighted by molar-refractivity contribution is 7.11. The molecule has 0 bridgehead atoms. The van der Waals surface area contributed by atoms with E-state index in [9.17, 15) is 0 Å². The second-order valence-electron chi connectivity index (χ2n) is 4.86. The summed E-state index contributed by atoms with van der Waals surface area (Å²) < 4.78 is 0. The molecule has 0 aliphatic carbocycles. The molecule has 0 saturated carbocycles. The van der Waals surface area contributed by atoms with Crippen LogP contribution in [0.1, 0.15) is 29.7 Å². The summed E-state index contributed by atoms with van der Waals surface area (Å²) in [5, 5.41) is 4.50. The zero-order valence-electron chi connectivity index (χ0n) is 10.9. The van der Waals surface area contributed by atoms with Crippen molar-refractivity contribution < 1.29 is 0 Å². The number of nitrogens with zero attached hydrogens (tertiary/aromatic N) is 2. The molecule has 1 saturated heterocycles. The number of piperidine rings is 1. The van der Waals surface area contributed by atoms with Gasteiger partial charge in [0.15, 0.2) is 0 Å². The summed E-state index contributed by atoms with van der Waals surface area (Å²) >= 11 is 1.87. The summed E-state index contributed by atoms with van der Waals surface area (Å²) in [5.74, 6) is 0.817. The quantitative estimate of drug-likeness (QED) is 0.871. The molecule has 0 radical (unpaired) electrons. The Bertz CT molecular complexity index is 337. The number of nitrogens with one attached hydrogen (secondary N) is 1. The highest BCUT2D eigenvalue weighted by Crippen LogP contribution is 2.23. The van der Waals surface area contributed by atoms with Gasteiger partial charge in [-0.25, -0.2) is 4.98 Å². The second kappa shape index (κ2) is 6.47. The first-order valence-electron chi connectivity index (χ1n) is 6.62. The van der Waals surface area contributed by atoms with Crippen LogP contribution < -0.4 is 5.32 Å². The molecule has 1 fully saturated rings. The molecule has 1 aromatic rings. The second-order valence-corrected chi connectivity index (χ2v) is 6.06. The van der Waals surface area contributed by atoms with E-state index in [1.54, 1.807) is 0 Å². The SMILES string of the molecule is CCN1CCCC(Cc2ncc(CNC)s2)C1. The minimum Gasteiger partial charge on any atom is -0.315 e. The highest BCUT2D eigenvalue weighted by Gasteiger charge is 2.19. The fourth-order valence-corrected chi connectivity index (χ4v) is 3.60. The summed E-state index contributed by atoms with van der Waals surface area (Å²) in [6, 6.07) is 0. The number of likely N-dealkylation sites (tertiary alicyclic amines) is 1. The van der Waals surface area contributed by atoms with Crippen molar-refractivity contribution in [2.24, 2.45) is 5.92 Å². The lowest BCUT2D eigenvalue weighted by Crippen LogP contribution is -2.35. The predicted octanol–water partition coefficient (Wildman–Crippen LogP) is 2.14. The van der Waals surface area contributed by atoms with E-state index in [1.807, 2.05) is 24.6 Å². The first kappa shape index (κ1) is 13.0. The van der Waals surface area contributed by atoms with Gasteiger partial charge in [0.1, 0.15) is 0 Å². The minimum absolute atomic E-state index is 0.817. The molecule has 4 heteroatoms. The Labute approximate surface area is 108 Å². The number of hydrogen-bond donors (Lipinski definition) is 1. The molecule has 2 heterocycles. The Morgan fingerprint density at radius 2 is 2.47 bits per heavy atom. The fourth-order valence-electron chi connectivity index (χ4n) is 2.55. The van der Waals surface area contributed by atoms with E-state index in [0.29, 0.717) is 0 Å². The Morgan fingerprint density at radius 3 is 3.24 bits per heavy atom. The average Bonchev–Trinajstić information content (AvgIpc) is 2.77. The maximum Gasteiger partial charge on any atom is 0.0931 e. The standard InChI is InChI=1S/C13H23N3S/c1-3-16-6-4-5-11(10-16)7-13-15-9-12(17-13)8-14-2/h9,11,14H,3-8,10H2,1-2H3. The van der Waals surface area contributed by atoms with Crippen molar-refractivity contribution in [2.75, 3.05) is 26.7 Å². The Morgan fingerprint density at radius 1 is 1.59 bits per heavy atom. The van der Waals surface area contributed by atoms with Crippen LogP contribution in [0.25, 0.3) is 0 Å². The summed E-state index contributed by atoms with van der Waals surface area (Å²) in [6.07, 6.45) is 5.92. The lowest BCUT2D eigenvalue weighted by atomic mass is 9.95. The molecule has 0 spiro atoms. The van der Waals surface area contributed by atoms with E-state index in [-0.39, 0.29) is 0 Å². The van der Waals surface area contributed by atoms with Crippen LogP contribution in [0.5, 0.6) is 0 Å². The largest absolute Gasteiger partial charge is 0.315 e. The van der Waals surface area contributed by atoms with Crippen molar-refractivity contribution in [3.05, 3.63) is 16.1 Å². The third kappa shape index (κ3) is 3.76. The molecular formula is C13H23N3S. The lowest BCUT2D eigenvalue weighted by molar-refractivity contribution is 0.182. The molecule has 3 nitrogen and oxygen atoms in total. The molecule has 2 rings (SSSR count). The van der Waals surface area contributed by atoms with Gasteiger partial charge < -0.3 is 10.2 Å². The molecule has 1 aliphatic heterocycles. The van der Waals surface area contributed by atoms with Crippen LogP contribution in [-0.4, -0.2) is 36.6 Å². The van der Waals surface area contributed by atoms with Gasteiger partial charge in [0, 0.05) is 30.6 Å².